The third-order valence-corrected chi connectivity index (χ3v) is 7.84. The van der Waals surface area contributed by atoms with Crippen LogP contribution in [0.5, 0.6) is 0 Å². The number of hydrogen-bond acceptors (Lipinski definition) is 6. The number of likely N-dealkylation sites (tertiary alicyclic amines) is 1. The number of anilines is 1. The first-order valence-corrected chi connectivity index (χ1v) is 13.5. The number of likely N-dealkylation sites (N-methyl/N-ethyl adjacent to an activating group) is 1. The largest absolute Gasteiger partial charge is 0.453 e. The number of carbonyl (C=O) groups is 4. The van der Waals surface area contributed by atoms with Crippen LogP contribution in [-0.4, -0.2) is 72.4 Å². The van der Waals surface area contributed by atoms with E-state index in [-0.39, 0.29) is 37.6 Å². The fraction of sp³-hybridized carbons (Fsp3) is 0.433. The van der Waals surface area contributed by atoms with Crippen LogP contribution in [0.25, 0.3) is 0 Å². The molecule has 1 fully saturated rings. The Kier molecular flexibility index (Phi) is 8.61. The van der Waals surface area contributed by atoms with Gasteiger partial charge in [-0.2, -0.15) is 5.26 Å². The molecule has 4 rings (SSSR count). The van der Waals surface area contributed by atoms with Gasteiger partial charge in [-0.15, -0.1) is 0 Å². The molecule has 0 bridgehead atoms. The van der Waals surface area contributed by atoms with Crippen molar-refractivity contribution in [3.8, 4) is 6.07 Å². The minimum atomic E-state index is -1.11. The van der Waals surface area contributed by atoms with Gasteiger partial charge in [-0.05, 0) is 41.7 Å². The van der Waals surface area contributed by atoms with Crippen LogP contribution in [0.2, 0.25) is 0 Å². The highest BCUT2D eigenvalue weighted by molar-refractivity contribution is 6.07. The summed E-state index contributed by atoms with van der Waals surface area (Å²) < 4.78 is 18.2. The van der Waals surface area contributed by atoms with E-state index in [4.69, 9.17) is 4.74 Å². The Morgan fingerprint density at radius 2 is 1.90 bits per heavy atom. The second kappa shape index (κ2) is 12.0. The van der Waals surface area contributed by atoms with Crippen LogP contribution in [0, 0.1) is 23.1 Å². The summed E-state index contributed by atoms with van der Waals surface area (Å²) in [5.41, 5.74) is 0.937. The van der Waals surface area contributed by atoms with E-state index in [1.54, 1.807) is 6.07 Å². The van der Waals surface area contributed by atoms with E-state index in [1.165, 1.54) is 48.2 Å². The van der Waals surface area contributed by atoms with E-state index < -0.39 is 47.3 Å². The standard InChI is InChI=1S/C30H34FN5O5/c1-18(2)13-25(35(3)26(37)24(34-29(40)41-4)14-19-9-11-20(31)12-10-19)27(38)36-17-30(15-21(36)16-32)22-7-5-6-8-23(22)33-28(30)39/h5-12,18,21,24-25H,13-15,17H2,1-4H3,(H,33,39)(H,34,40)/t21-,24-,25-,30-/m0/s1. The number of para-hydroxylation sites is 1. The zero-order valence-electron chi connectivity index (χ0n) is 23.5. The number of nitrogens with one attached hydrogen (secondary N) is 2. The van der Waals surface area contributed by atoms with Crippen molar-refractivity contribution >= 4 is 29.5 Å². The number of fused-ring (bicyclic) bond motifs is 2. The second-order valence-electron chi connectivity index (χ2n) is 11.0. The number of rotatable bonds is 8. The molecule has 2 aliphatic rings. The molecule has 0 unspecified atom stereocenters. The average molecular weight is 564 g/mol. The van der Waals surface area contributed by atoms with E-state index in [0.717, 1.165) is 5.56 Å². The molecule has 0 radical (unpaired) electrons. The van der Waals surface area contributed by atoms with Gasteiger partial charge in [-0.25, -0.2) is 9.18 Å². The number of carbonyl (C=O) groups excluding carboxylic acids is 4. The average Bonchev–Trinajstić information content (AvgIpc) is 3.48. The molecule has 2 aromatic carbocycles. The number of nitrogens with zero attached hydrogens (tertiary/aromatic N) is 3. The summed E-state index contributed by atoms with van der Waals surface area (Å²) in [5.74, 6) is -1.71. The van der Waals surface area contributed by atoms with Gasteiger partial charge < -0.3 is 25.2 Å². The summed E-state index contributed by atoms with van der Waals surface area (Å²) in [6, 6.07) is 12.0. The first kappa shape index (κ1) is 29.5. The third-order valence-electron chi connectivity index (χ3n) is 7.84. The van der Waals surface area contributed by atoms with Gasteiger partial charge in [-0.1, -0.05) is 44.2 Å². The highest BCUT2D eigenvalue weighted by Crippen LogP contribution is 2.46. The van der Waals surface area contributed by atoms with E-state index >= 15 is 0 Å². The van der Waals surface area contributed by atoms with E-state index in [1.807, 2.05) is 32.0 Å². The monoisotopic (exact) mass is 563 g/mol. The smallest absolute Gasteiger partial charge is 0.407 e. The number of ether oxygens (including phenoxy) is 1. The number of hydrogen-bond donors (Lipinski definition) is 2. The number of halogens is 1. The number of nitriles is 1. The number of alkyl carbamates (subject to hydrolysis) is 1. The van der Waals surface area contributed by atoms with Crippen LogP contribution >= 0.6 is 0 Å². The maximum absolute atomic E-state index is 14.1. The fourth-order valence-electron chi connectivity index (χ4n) is 5.71. The van der Waals surface area contributed by atoms with Crippen molar-refractivity contribution in [3.63, 3.8) is 0 Å². The van der Waals surface area contributed by atoms with Gasteiger partial charge in [0.1, 0.15) is 23.9 Å². The number of benzene rings is 2. The van der Waals surface area contributed by atoms with Crippen molar-refractivity contribution in [2.75, 3.05) is 26.0 Å². The van der Waals surface area contributed by atoms with Gasteiger partial charge in [0.05, 0.1) is 18.6 Å². The maximum atomic E-state index is 14.1. The van der Waals surface area contributed by atoms with Crippen LogP contribution in [0.15, 0.2) is 48.5 Å². The van der Waals surface area contributed by atoms with Crippen LogP contribution in [0.3, 0.4) is 0 Å². The molecule has 10 nitrogen and oxygen atoms in total. The van der Waals surface area contributed by atoms with Gasteiger partial charge in [-0.3, -0.25) is 14.4 Å². The van der Waals surface area contributed by atoms with Crippen LogP contribution < -0.4 is 10.6 Å². The maximum Gasteiger partial charge on any atom is 0.407 e. The zero-order chi connectivity index (χ0) is 29.9. The SMILES string of the molecule is COC(=O)N[C@@H](Cc1ccc(F)cc1)C(=O)N(C)[C@@H](CC(C)C)C(=O)N1C[C@]2(C[C@H]1C#N)C(=O)Nc1ccccc12. The molecule has 2 heterocycles. The predicted molar refractivity (Wildman–Crippen MR) is 148 cm³/mol. The molecule has 2 aromatic rings. The lowest BCUT2D eigenvalue weighted by Gasteiger charge is -2.35. The summed E-state index contributed by atoms with van der Waals surface area (Å²) in [7, 11) is 2.65. The van der Waals surface area contributed by atoms with Crippen molar-refractivity contribution in [1.82, 2.24) is 15.1 Å². The minimum Gasteiger partial charge on any atom is -0.453 e. The van der Waals surface area contributed by atoms with Gasteiger partial charge in [0, 0.05) is 32.1 Å². The lowest BCUT2D eigenvalue weighted by molar-refractivity contribution is -0.146. The summed E-state index contributed by atoms with van der Waals surface area (Å²) in [6.07, 6.45) is -0.373. The molecular formula is C30H34FN5O5. The second-order valence-corrected chi connectivity index (χ2v) is 11.0. The summed E-state index contributed by atoms with van der Waals surface area (Å²) in [6.45, 7) is 3.83. The predicted octanol–water partition coefficient (Wildman–Crippen LogP) is 2.98. The van der Waals surface area contributed by atoms with Gasteiger partial charge in [0.25, 0.3) is 0 Å². The van der Waals surface area contributed by atoms with Crippen LogP contribution in [0.1, 0.15) is 37.8 Å². The van der Waals surface area contributed by atoms with Crippen molar-refractivity contribution in [1.29, 1.82) is 5.26 Å². The van der Waals surface area contributed by atoms with Gasteiger partial charge in [0.15, 0.2) is 0 Å². The third kappa shape index (κ3) is 5.87. The molecule has 1 saturated heterocycles. The first-order chi connectivity index (χ1) is 19.5. The molecule has 216 valence electrons. The van der Waals surface area contributed by atoms with Gasteiger partial charge in [0.2, 0.25) is 17.7 Å². The lowest BCUT2D eigenvalue weighted by Crippen LogP contribution is -2.56. The molecule has 4 amide bonds. The lowest BCUT2D eigenvalue weighted by atomic mass is 9.80. The van der Waals surface area contributed by atoms with Crippen molar-refractivity contribution < 1.29 is 28.3 Å². The fourth-order valence-corrected chi connectivity index (χ4v) is 5.71. The normalized spacial score (nSPS) is 20.7. The molecular weight excluding hydrogens is 529 g/mol. The Balaban J connectivity index is 1.63. The Bertz CT molecular complexity index is 1370. The highest BCUT2D eigenvalue weighted by Gasteiger charge is 2.56. The number of methoxy groups -OCH3 is 1. The summed E-state index contributed by atoms with van der Waals surface area (Å²) >= 11 is 0. The van der Waals surface area contributed by atoms with E-state index in [9.17, 15) is 28.8 Å². The Hall–Kier alpha value is -4.46. The highest BCUT2D eigenvalue weighted by atomic mass is 19.1. The molecule has 2 N–H and O–H groups in total. The topological polar surface area (TPSA) is 132 Å². The van der Waals surface area contributed by atoms with E-state index in [2.05, 4.69) is 16.7 Å². The quantitative estimate of drug-likeness (QED) is 0.508. The zero-order valence-corrected chi connectivity index (χ0v) is 23.5. The minimum absolute atomic E-state index is 0.00293. The number of amides is 4. The molecule has 4 atom stereocenters. The van der Waals surface area contributed by atoms with Gasteiger partial charge >= 0.3 is 6.09 Å². The molecule has 1 spiro atoms. The molecule has 2 aliphatic heterocycles. The molecule has 0 aliphatic carbocycles. The van der Waals surface area contributed by atoms with Crippen molar-refractivity contribution in [3.05, 3.63) is 65.5 Å². The molecule has 0 saturated carbocycles. The summed E-state index contributed by atoms with van der Waals surface area (Å²) in [4.78, 5) is 56.0. The van der Waals surface area contributed by atoms with Crippen LogP contribution in [-0.2, 0) is 31.0 Å². The molecule has 11 heteroatoms. The van der Waals surface area contributed by atoms with E-state index in [0.29, 0.717) is 11.3 Å². The Morgan fingerprint density at radius 1 is 1.22 bits per heavy atom. The van der Waals surface area contributed by atoms with Crippen molar-refractivity contribution in [2.24, 2.45) is 5.92 Å². The molecule has 41 heavy (non-hydrogen) atoms. The van der Waals surface area contributed by atoms with Crippen LogP contribution in [0.4, 0.5) is 14.9 Å². The first-order valence-electron chi connectivity index (χ1n) is 13.5. The Labute approximate surface area is 238 Å². The Morgan fingerprint density at radius 3 is 2.54 bits per heavy atom. The molecule has 0 aromatic heterocycles. The van der Waals surface area contributed by atoms with Crippen molar-refractivity contribution in [2.45, 2.75) is 56.7 Å². The summed E-state index contributed by atoms with van der Waals surface area (Å²) in [5, 5.41) is 15.4.